The lowest BCUT2D eigenvalue weighted by atomic mass is 10.2. The van der Waals surface area contributed by atoms with Crippen molar-refractivity contribution in [2.24, 2.45) is 0 Å². The first-order chi connectivity index (χ1) is 9.54. The van der Waals surface area contributed by atoms with Crippen LogP contribution in [0.1, 0.15) is 11.4 Å². The molecule has 0 atom stereocenters. The number of anilines is 2. The van der Waals surface area contributed by atoms with Gasteiger partial charge in [0.2, 0.25) is 0 Å². The molecule has 0 fully saturated rings. The number of nitrogen functional groups attached to an aromatic ring is 2. The van der Waals surface area contributed by atoms with Crippen molar-refractivity contribution in [2.45, 2.75) is 13.8 Å². The summed E-state index contributed by atoms with van der Waals surface area (Å²) in [5.41, 5.74) is 15.8. The number of hydrogen-bond acceptors (Lipinski definition) is 6. The highest BCUT2D eigenvalue weighted by Crippen LogP contribution is 2.28. The van der Waals surface area contributed by atoms with Gasteiger partial charge in [-0.15, -0.1) is 0 Å². The van der Waals surface area contributed by atoms with Gasteiger partial charge in [-0.2, -0.15) is 10.2 Å². The Morgan fingerprint density at radius 3 is 1.60 bits per heavy atom. The van der Waals surface area contributed by atoms with Crippen LogP contribution in [-0.2, 0) is 0 Å². The third-order valence-corrected chi connectivity index (χ3v) is 2.85. The van der Waals surface area contributed by atoms with Crippen LogP contribution >= 0.6 is 0 Å². The lowest BCUT2D eigenvalue weighted by molar-refractivity contribution is 1.03. The Bertz CT molecular complexity index is 708. The molecular weight excluding hydrogens is 256 g/mol. The highest BCUT2D eigenvalue weighted by Gasteiger charge is 2.16. The van der Waals surface area contributed by atoms with Crippen LogP contribution in [0, 0.1) is 13.8 Å². The largest absolute Gasteiger partial charge is 0.382 e. The van der Waals surface area contributed by atoms with Gasteiger partial charge in [0.25, 0.3) is 0 Å². The predicted molar refractivity (Wildman–Crippen MR) is 75.5 cm³/mol. The lowest BCUT2D eigenvalue weighted by Gasteiger charge is -2.06. The zero-order chi connectivity index (χ0) is 14.3. The molecule has 20 heavy (non-hydrogen) atoms. The van der Waals surface area contributed by atoms with E-state index in [1.807, 2.05) is 26.0 Å². The Balaban J connectivity index is 2.17. The standard InChI is InChI=1S/C12H14N8/c1-5-3-7(19-17-5)9-11(13)16-12(14)10(15-9)8-4-6(2)18-20-8/h3-4H,1-2H3,(H,17,19)(H,18,20)(H4,13,14,16). The van der Waals surface area contributed by atoms with E-state index >= 15 is 0 Å². The molecule has 8 heteroatoms. The van der Waals surface area contributed by atoms with E-state index in [1.165, 1.54) is 0 Å². The van der Waals surface area contributed by atoms with Crippen molar-refractivity contribution in [3.05, 3.63) is 23.5 Å². The smallest absolute Gasteiger partial charge is 0.154 e. The zero-order valence-electron chi connectivity index (χ0n) is 11.1. The number of aromatic amines is 2. The summed E-state index contributed by atoms with van der Waals surface area (Å²) in [6.07, 6.45) is 0. The van der Waals surface area contributed by atoms with Crippen LogP contribution in [0.3, 0.4) is 0 Å². The molecule has 0 unspecified atom stereocenters. The van der Waals surface area contributed by atoms with Gasteiger partial charge in [-0.05, 0) is 26.0 Å². The molecule has 3 heterocycles. The number of nitrogens with two attached hydrogens (primary N) is 2. The summed E-state index contributed by atoms with van der Waals surface area (Å²) in [5.74, 6) is 0.481. The van der Waals surface area contributed by atoms with Crippen molar-refractivity contribution in [2.75, 3.05) is 11.5 Å². The number of H-pyrrole nitrogens is 2. The summed E-state index contributed by atoms with van der Waals surface area (Å²) in [5, 5.41) is 14.0. The zero-order valence-corrected chi connectivity index (χ0v) is 11.1. The molecule has 102 valence electrons. The first-order valence-corrected chi connectivity index (χ1v) is 6.02. The molecule has 8 nitrogen and oxygen atoms in total. The van der Waals surface area contributed by atoms with Crippen LogP contribution in [-0.4, -0.2) is 30.4 Å². The summed E-state index contributed by atoms with van der Waals surface area (Å²) >= 11 is 0. The fourth-order valence-corrected chi connectivity index (χ4v) is 1.92. The summed E-state index contributed by atoms with van der Waals surface area (Å²) in [6, 6.07) is 3.69. The molecule has 3 rings (SSSR count). The van der Waals surface area contributed by atoms with Crippen molar-refractivity contribution in [3.63, 3.8) is 0 Å². The van der Waals surface area contributed by atoms with Gasteiger partial charge in [0.05, 0.1) is 0 Å². The van der Waals surface area contributed by atoms with Crippen LogP contribution in [0.2, 0.25) is 0 Å². The Hall–Kier alpha value is -2.90. The van der Waals surface area contributed by atoms with Crippen molar-refractivity contribution in [1.29, 1.82) is 0 Å². The summed E-state index contributed by atoms with van der Waals surface area (Å²) < 4.78 is 0. The Kier molecular flexibility index (Phi) is 2.63. The topological polar surface area (TPSA) is 135 Å². The minimum Gasteiger partial charge on any atom is -0.382 e. The van der Waals surface area contributed by atoms with E-state index in [2.05, 4.69) is 30.4 Å². The third-order valence-electron chi connectivity index (χ3n) is 2.85. The molecule has 0 aromatic carbocycles. The van der Waals surface area contributed by atoms with Gasteiger partial charge >= 0.3 is 0 Å². The van der Waals surface area contributed by atoms with E-state index in [0.29, 0.717) is 22.8 Å². The second kappa shape index (κ2) is 4.34. The molecule has 0 spiro atoms. The molecular formula is C12H14N8. The van der Waals surface area contributed by atoms with Crippen molar-refractivity contribution in [1.82, 2.24) is 30.4 Å². The van der Waals surface area contributed by atoms with Crippen LogP contribution in [0.25, 0.3) is 22.8 Å². The van der Waals surface area contributed by atoms with Crippen LogP contribution in [0.15, 0.2) is 12.1 Å². The van der Waals surface area contributed by atoms with Gasteiger partial charge in [-0.1, -0.05) is 0 Å². The van der Waals surface area contributed by atoms with E-state index in [1.54, 1.807) is 0 Å². The molecule has 3 aromatic heterocycles. The van der Waals surface area contributed by atoms with E-state index < -0.39 is 0 Å². The molecule has 0 aliphatic rings. The number of hydrogen-bond donors (Lipinski definition) is 4. The molecule has 0 aliphatic heterocycles. The SMILES string of the molecule is Cc1cc(-c2nc(-c3cc(C)[nH]n3)c(N)nc2N)n[nH]1. The van der Waals surface area contributed by atoms with Crippen LogP contribution in [0.4, 0.5) is 11.6 Å². The predicted octanol–water partition coefficient (Wildman–Crippen LogP) is 1.04. The molecule has 6 N–H and O–H groups in total. The maximum Gasteiger partial charge on any atom is 0.154 e. The number of nitrogens with one attached hydrogen (secondary N) is 2. The quantitative estimate of drug-likeness (QED) is 0.549. The van der Waals surface area contributed by atoms with E-state index in [-0.39, 0.29) is 11.6 Å². The molecule has 0 aliphatic carbocycles. The molecule has 0 saturated heterocycles. The van der Waals surface area contributed by atoms with Gasteiger partial charge in [0.1, 0.15) is 22.8 Å². The van der Waals surface area contributed by atoms with Crippen LogP contribution < -0.4 is 11.5 Å². The molecule has 0 amide bonds. The van der Waals surface area contributed by atoms with Gasteiger partial charge in [0, 0.05) is 11.4 Å². The van der Waals surface area contributed by atoms with Crippen LogP contribution in [0.5, 0.6) is 0 Å². The second-order valence-electron chi connectivity index (χ2n) is 4.56. The third kappa shape index (κ3) is 1.96. The minimum atomic E-state index is 0.241. The number of nitrogens with zero attached hydrogens (tertiary/aromatic N) is 4. The van der Waals surface area contributed by atoms with E-state index in [4.69, 9.17) is 11.5 Å². The number of aromatic nitrogens is 6. The number of aryl methyl sites for hydroxylation is 2. The van der Waals surface area contributed by atoms with Gasteiger partial charge in [0.15, 0.2) is 11.6 Å². The first-order valence-electron chi connectivity index (χ1n) is 6.02. The second-order valence-corrected chi connectivity index (χ2v) is 4.56. The molecule has 0 saturated carbocycles. The maximum atomic E-state index is 5.88. The maximum absolute atomic E-state index is 5.88. The van der Waals surface area contributed by atoms with Crippen molar-refractivity contribution in [3.8, 4) is 22.8 Å². The Morgan fingerprint density at radius 2 is 1.25 bits per heavy atom. The van der Waals surface area contributed by atoms with Gasteiger partial charge in [-0.3, -0.25) is 10.2 Å². The van der Waals surface area contributed by atoms with Gasteiger partial charge in [-0.25, -0.2) is 9.97 Å². The Morgan fingerprint density at radius 1 is 0.800 bits per heavy atom. The summed E-state index contributed by atoms with van der Waals surface area (Å²) in [6.45, 7) is 3.80. The normalized spacial score (nSPS) is 10.9. The van der Waals surface area contributed by atoms with Crippen molar-refractivity contribution < 1.29 is 0 Å². The minimum absolute atomic E-state index is 0.241. The monoisotopic (exact) mass is 270 g/mol. The fraction of sp³-hybridized carbons (Fsp3) is 0.167. The molecule has 0 radical (unpaired) electrons. The summed E-state index contributed by atoms with van der Waals surface area (Å²) in [4.78, 5) is 8.59. The molecule has 3 aromatic rings. The average molecular weight is 270 g/mol. The number of rotatable bonds is 2. The lowest BCUT2D eigenvalue weighted by Crippen LogP contribution is -2.05. The highest BCUT2D eigenvalue weighted by atomic mass is 15.1. The Labute approximate surface area is 114 Å². The van der Waals surface area contributed by atoms with E-state index in [9.17, 15) is 0 Å². The first kappa shape index (κ1) is 12.2. The van der Waals surface area contributed by atoms with E-state index in [0.717, 1.165) is 11.4 Å². The summed E-state index contributed by atoms with van der Waals surface area (Å²) in [7, 11) is 0. The highest BCUT2D eigenvalue weighted by molar-refractivity contribution is 5.76. The average Bonchev–Trinajstić information content (AvgIpc) is 2.99. The van der Waals surface area contributed by atoms with Gasteiger partial charge < -0.3 is 11.5 Å². The molecule has 0 bridgehead atoms. The fourth-order valence-electron chi connectivity index (χ4n) is 1.92. The van der Waals surface area contributed by atoms with Crippen molar-refractivity contribution >= 4 is 11.6 Å².